The van der Waals surface area contributed by atoms with E-state index in [1.807, 2.05) is 0 Å². The van der Waals surface area contributed by atoms with Crippen LogP contribution in [0, 0.1) is 0 Å². The van der Waals surface area contributed by atoms with Crippen molar-refractivity contribution in [3.05, 3.63) is 0 Å². The number of ether oxygens (including phenoxy) is 2. The quantitative estimate of drug-likeness (QED) is 0.375. The van der Waals surface area contributed by atoms with Crippen LogP contribution in [-0.4, -0.2) is 80.1 Å². The first-order valence-electron chi connectivity index (χ1n) is 7.82. The Hall–Kier alpha value is -0.0231. The summed E-state index contributed by atoms with van der Waals surface area (Å²) in [7, 11) is 2.59. The summed E-state index contributed by atoms with van der Waals surface area (Å²) in [6.07, 6.45) is 4.28. The number of hydrogen-bond acceptors (Lipinski definition) is 6. The summed E-state index contributed by atoms with van der Waals surface area (Å²) in [5.74, 6) is 0. The molecular weight excluding hydrogens is 290 g/mol. The molecule has 2 atom stereocenters. The van der Waals surface area contributed by atoms with Gasteiger partial charge < -0.3 is 27.7 Å². The predicted molar refractivity (Wildman–Crippen MR) is 81.4 cm³/mol. The Labute approximate surface area is 129 Å². The summed E-state index contributed by atoms with van der Waals surface area (Å²) >= 11 is 0. The Bertz CT molecular complexity index is 271. The molecule has 0 N–H and O–H groups in total. The molecule has 2 rings (SSSR count). The minimum Gasteiger partial charge on any atom is -0.377 e. The van der Waals surface area contributed by atoms with Crippen LogP contribution in [0.2, 0.25) is 6.04 Å². The molecule has 2 saturated heterocycles. The van der Waals surface area contributed by atoms with Crippen LogP contribution >= 0.6 is 0 Å². The van der Waals surface area contributed by atoms with Crippen molar-refractivity contribution in [2.24, 2.45) is 0 Å². The standard InChI is InChI=1S/C14H29NO5Si/c1-16-21(17-2,18-3)10-4-7-15(8-5-13-11-19-13)9-6-14-12-20-14/h13-14H,4-12H2,1-3H3. The van der Waals surface area contributed by atoms with Crippen LogP contribution in [0.1, 0.15) is 19.3 Å². The number of nitrogens with zero attached hydrogens (tertiary/aromatic N) is 1. The summed E-state index contributed by atoms with van der Waals surface area (Å²) in [5.41, 5.74) is 0. The summed E-state index contributed by atoms with van der Waals surface area (Å²) in [5, 5.41) is 0. The molecule has 6 nitrogen and oxygen atoms in total. The Kier molecular flexibility index (Phi) is 7.07. The van der Waals surface area contributed by atoms with Crippen molar-refractivity contribution < 1.29 is 22.8 Å². The van der Waals surface area contributed by atoms with Gasteiger partial charge in [-0.25, -0.2) is 0 Å². The van der Waals surface area contributed by atoms with Gasteiger partial charge in [0.15, 0.2) is 0 Å². The van der Waals surface area contributed by atoms with Gasteiger partial charge in [-0.1, -0.05) is 0 Å². The normalized spacial score (nSPS) is 24.6. The van der Waals surface area contributed by atoms with Gasteiger partial charge in [-0.2, -0.15) is 0 Å². The Balaban J connectivity index is 1.67. The van der Waals surface area contributed by atoms with Crippen LogP contribution in [0.4, 0.5) is 0 Å². The zero-order valence-corrected chi connectivity index (χ0v) is 14.5. The predicted octanol–water partition coefficient (Wildman–Crippen LogP) is 1.13. The van der Waals surface area contributed by atoms with Crippen LogP contribution in [-0.2, 0) is 22.8 Å². The summed E-state index contributed by atoms with van der Waals surface area (Å²) in [4.78, 5) is 2.50. The van der Waals surface area contributed by atoms with E-state index in [1.54, 1.807) is 21.3 Å². The minimum absolute atomic E-state index is 0.495. The zero-order valence-electron chi connectivity index (χ0n) is 13.5. The van der Waals surface area contributed by atoms with E-state index in [4.69, 9.17) is 22.8 Å². The van der Waals surface area contributed by atoms with Crippen molar-refractivity contribution in [2.75, 3.05) is 54.2 Å². The highest BCUT2D eigenvalue weighted by Crippen LogP contribution is 2.19. The number of epoxide rings is 2. The van der Waals surface area contributed by atoms with Gasteiger partial charge in [0.1, 0.15) is 0 Å². The molecule has 0 spiro atoms. The summed E-state index contributed by atoms with van der Waals surface area (Å²) < 4.78 is 27.0. The third kappa shape index (κ3) is 6.31. The summed E-state index contributed by atoms with van der Waals surface area (Å²) in [6.45, 7) is 5.11. The van der Waals surface area contributed by atoms with Gasteiger partial charge in [0.05, 0.1) is 25.4 Å². The van der Waals surface area contributed by atoms with Gasteiger partial charge in [0.25, 0.3) is 0 Å². The van der Waals surface area contributed by atoms with E-state index >= 15 is 0 Å². The van der Waals surface area contributed by atoms with Gasteiger partial charge in [-0.3, -0.25) is 0 Å². The molecule has 2 fully saturated rings. The molecule has 0 bridgehead atoms. The van der Waals surface area contributed by atoms with E-state index in [2.05, 4.69) is 4.90 Å². The van der Waals surface area contributed by atoms with E-state index in [9.17, 15) is 0 Å². The number of rotatable bonds is 13. The molecule has 0 aromatic heterocycles. The lowest BCUT2D eigenvalue weighted by atomic mass is 10.2. The second kappa shape index (κ2) is 8.57. The van der Waals surface area contributed by atoms with E-state index in [-0.39, 0.29) is 0 Å². The Morgan fingerprint density at radius 3 is 1.76 bits per heavy atom. The van der Waals surface area contributed by atoms with Gasteiger partial charge in [0, 0.05) is 40.5 Å². The fourth-order valence-corrected chi connectivity index (χ4v) is 4.24. The largest absolute Gasteiger partial charge is 0.500 e. The maximum absolute atomic E-state index is 5.47. The molecule has 2 aliphatic heterocycles. The maximum Gasteiger partial charge on any atom is 0.500 e. The molecule has 2 aliphatic rings. The van der Waals surface area contributed by atoms with Crippen molar-refractivity contribution in [3.63, 3.8) is 0 Å². The lowest BCUT2D eigenvalue weighted by molar-refractivity contribution is 0.121. The van der Waals surface area contributed by atoms with E-state index in [0.29, 0.717) is 12.2 Å². The molecule has 0 saturated carbocycles. The molecular formula is C14H29NO5Si. The molecule has 0 aromatic carbocycles. The number of hydrogen-bond donors (Lipinski definition) is 0. The third-order valence-electron chi connectivity index (χ3n) is 4.23. The lowest BCUT2D eigenvalue weighted by Crippen LogP contribution is -2.43. The van der Waals surface area contributed by atoms with E-state index in [1.165, 1.54) is 0 Å². The van der Waals surface area contributed by atoms with Gasteiger partial charge in [-0.15, -0.1) is 0 Å². The fraction of sp³-hybridized carbons (Fsp3) is 1.00. The first kappa shape index (κ1) is 17.3. The molecule has 2 heterocycles. The fourth-order valence-electron chi connectivity index (χ4n) is 2.53. The first-order chi connectivity index (χ1) is 10.2. The van der Waals surface area contributed by atoms with E-state index in [0.717, 1.165) is 58.2 Å². The Morgan fingerprint density at radius 1 is 0.905 bits per heavy atom. The second-order valence-electron chi connectivity index (χ2n) is 5.73. The van der Waals surface area contributed by atoms with Crippen molar-refractivity contribution in [2.45, 2.75) is 37.5 Å². The molecule has 0 aromatic rings. The maximum atomic E-state index is 5.47. The highest BCUT2D eigenvalue weighted by atomic mass is 28.4. The second-order valence-corrected chi connectivity index (χ2v) is 8.82. The van der Waals surface area contributed by atoms with Crippen LogP contribution in [0.3, 0.4) is 0 Å². The van der Waals surface area contributed by atoms with Crippen molar-refractivity contribution in [1.82, 2.24) is 4.90 Å². The molecule has 0 aliphatic carbocycles. The average molecular weight is 319 g/mol. The van der Waals surface area contributed by atoms with Gasteiger partial charge >= 0.3 is 8.80 Å². The van der Waals surface area contributed by atoms with Crippen LogP contribution in [0.25, 0.3) is 0 Å². The lowest BCUT2D eigenvalue weighted by Gasteiger charge is -2.26. The first-order valence-corrected chi connectivity index (χ1v) is 9.75. The highest BCUT2D eigenvalue weighted by Gasteiger charge is 2.37. The van der Waals surface area contributed by atoms with Gasteiger partial charge in [-0.05, 0) is 25.8 Å². The minimum atomic E-state index is -2.43. The molecule has 21 heavy (non-hydrogen) atoms. The molecule has 124 valence electrons. The zero-order chi connectivity index (χ0) is 15.1. The smallest absolute Gasteiger partial charge is 0.377 e. The van der Waals surface area contributed by atoms with Crippen LogP contribution in [0.5, 0.6) is 0 Å². The SMILES string of the molecule is CO[Si](CCCN(CCC1CO1)CCC1CO1)(OC)OC. The summed E-state index contributed by atoms with van der Waals surface area (Å²) in [6, 6.07) is 0.854. The van der Waals surface area contributed by atoms with E-state index < -0.39 is 8.80 Å². The molecule has 7 heteroatoms. The van der Waals surface area contributed by atoms with Crippen LogP contribution in [0.15, 0.2) is 0 Å². The monoisotopic (exact) mass is 319 g/mol. The van der Waals surface area contributed by atoms with Gasteiger partial charge in [0.2, 0.25) is 0 Å². The van der Waals surface area contributed by atoms with Crippen molar-refractivity contribution in [3.8, 4) is 0 Å². The topological polar surface area (TPSA) is 56.0 Å². The molecule has 2 unspecified atom stereocenters. The van der Waals surface area contributed by atoms with Crippen LogP contribution < -0.4 is 0 Å². The highest BCUT2D eigenvalue weighted by molar-refractivity contribution is 6.60. The Morgan fingerprint density at radius 2 is 1.38 bits per heavy atom. The third-order valence-corrected chi connectivity index (χ3v) is 7.06. The molecule has 0 radical (unpaired) electrons. The van der Waals surface area contributed by atoms with Crippen molar-refractivity contribution >= 4 is 8.80 Å². The average Bonchev–Trinajstić information content (AvgIpc) is 3.40. The van der Waals surface area contributed by atoms with Crippen molar-refractivity contribution in [1.29, 1.82) is 0 Å². The molecule has 0 amide bonds.